The predicted octanol–water partition coefficient (Wildman–Crippen LogP) is 2.23. The lowest BCUT2D eigenvalue weighted by molar-refractivity contribution is -0.115. The van der Waals surface area contributed by atoms with Gasteiger partial charge in [0.2, 0.25) is 5.91 Å². The number of carboxylic acid groups (broad SMARTS) is 1. The molecule has 0 fully saturated rings. The fourth-order valence-corrected chi connectivity index (χ4v) is 2.48. The second-order valence-electron chi connectivity index (χ2n) is 4.28. The summed E-state index contributed by atoms with van der Waals surface area (Å²) in [6.07, 6.45) is -0.0720. The van der Waals surface area contributed by atoms with Crippen LogP contribution in [0.25, 0.3) is 0 Å². The van der Waals surface area contributed by atoms with Gasteiger partial charge in [-0.2, -0.15) is 0 Å². The number of hydrogen-bond acceptors (Lipinski definition) is 5. The number of nitrogens with zero attached hydrogens (tertiary/aromatic N) is 1. The van der Waals surface area contributed by atoms with Crippen LogP contribution in [0.2, 0.25) is 0 Å². The monoisotopic (exact) mass is 304 g/mol. The van der Waals surface area contributed by atoms with Gasteiger partial charge in [0, 0.05) is 12.3 Å². The van der Waals surface area contributed by atoms with E-state index in [4.69, 9.17) is 5.11 Å². The maximum absolute atomic E-state index is 11.9. The minimum atomic E-state index is -1.08. The Morgan fingerprint density at radius 3 is 2.62 bits per heavy atom. The molecule has 1 aromatic heterocycles. The lowest BCUT2D eigenvalue weighted by atomic mass is 10.0. The number of amides is 1. The molecule has 1 amide bonds. The topological polar surface area (TPSA) is 96.4 Å². The van der Waals surface area contributed by atoms with Crippen LogP contribution >= 0.6 is 11.3 Å². The van der Waals surface area contributed by atoms with Gasteiger partial charge in [-0.15, -0.1) is 11.3 Å². The van der Waals surface area contributed by atoms with Crippen LogP contribution in [0.4, 0.5) is 5.13 Å². The lowest BCUT2D eigenvalue weighted by Gasteiger charge is -2.05. The van der Waals surface area contributed by atoms with Crippen LogP contribution in [0, 0.1) is 0 Å². The van der Waals surface area contributed by atoms with Gasteiger partial charge in [-0.1, -0.05) is 18.2 Å². The van der Waals surface area contributed by atoms with Crippen LogP contribution in [0.5, 0.6) is 0 Å². The molecule has 0 unspecified atom stereocenters. The van der Waals surface area contributed by atoms with Crippen molar-refractivity contribution < 1.29 is 19.5 Å². The van der Waals surface area contributed by atoms with Gasteiger partial charge in [0.15, 0.2) is 10.9 Å². The highest BCUT2D eigenvalue weighted by atomic mass is 32.1. The second-order valence-corrected chi connectivity index (χ2v) is 5.14. The molecule has 7 heteroatoms. The quantitative estimate of drug-likeness (QED) is 0.826. The van der Waals surface area contributed by atoms with E-state index < -0.39 is 5.97 Å². The molecule has 1 aromatic carbocycles. The fraction of sp³-hybridized carbons (Fsp3) is 0.143. The Bertz CT molecular complexity index is 709. The molecule has 2 aromatic rings. The summed E-state index contributed by atoms with van der Waals surface area (Å²) in [4.78, 5) is 38.1. The third kappa shape index (κ3) is 3.73. The zero-order chi connectivity index (χ0) is 15.4. The van der Waals surface area contributed by atoms with Crippen molar-refractivity contribution in [2.45, 2.75) is 13.3 Å². The Balaban J connectivity index is 2.08. The highest BCUT2D eigenvalue weighted by molar-refractivity contribution is 7.14. The first-order valence-corrected chi connectivity index (χ1v) is 6.93. The molecule has 0 atom stereocenters. The summed E-state index contributed by atoms with van der Waals surface area (Å²) in [5.74, 6) is -1.64. The molecule has 0 spiro atoms. The SMILES string of the molecule is CC(=O)c1csc(NC(=O)Cc2ccccc2C(=O)O)n1. The van der Waals surface area contributed by atoms with E-state index in [2.05, 4.69) is 10.3 Å². The smallest absolute Gasteiger partial charge is 0.335 e. The Hall–Kier alpha value is -2.54. The van der Waals surface area contributed by atoms with Crippen LogP contribution < -0.4 is 5.32 Å². The Kier molecular flexibility index (Phi) is 4.44. The number of hydrogen-bond donors (Lipinski definition) is 2. The van der Waals surface area contributed by atoms with Crippen LogP contribution in [0.1, 0.15) is 33.3 Å². The van der Waals surface area contributed by atoms with Gasteiger partial charge in [-0.25, -0.2) is 9.78 Å². The van der Waals surface area contributed by atoms with Crippen LogP contribution in [0.15, 0.2) is 29.6 Å². The summed E-state index contributed by atoms with van der Waals surface area (Å²) in [5, 5.41) is 13.5. The van der Waals surface area contributed by atoms with E-state index in [1.54, 1.807) is 23.6 Å². The molecule has 6 nitrogen and oxygen atoms in total. The zero-order valence-electron chi connectivity index (χ0n) is 11.1. The van der Waals surface area contributed by atoms with Crippen molar-refractivity contribution in [2.75, 3.05) is 5.32 Å². The lowest BCUT2D eigenvalue weighted by Crippen LogP contribution is -2.16. The van der Waals surface area contributed by atoms with Gasteiger partial charge in [-0.3, -0.25) is 9.59 Å². The molecule has 0 aliphatic heterocycles. The number of aromatic nitrogens is 1. The molecule has 2 N–H and O–H groups in total. The number of carbonyl (C=O) groups is 3. The minimum absolute atomic E-state index is 0.0720. The van der Waals surface area contributed by atoms with Gasteiger partial charge in [0.1, 0.15) is 5.69 Å². The molecule has 0 radical (unpaired) electrons. The molecule has 1 heterocycles. The molecule has 0 aliphatic carbocycles. The van der Waals surface area contributed by atoms with Gasteiger partial charge in [0.25, 0.3) is 0 Å². The number of rotatable bonds is 5. The van der Waals surface area contributed by atoms with E-state index in [1.165, 1.54) is 13.0 Å². The van der Waals surface area contributed by atoms with Crippen molar-refractivity contribution in [1.29, 1.82) is 0 Å². The Morgan fingerprint density at radius 2 is 2.00 bits per heavy atom. The van der Waals surface area contributed by atoms with Gasteiger partial charge >= 0.3 is 5.97 Å². The maximum atomic E-state index is 11.9. The van der Waals surface area contributed by atoms with Crippen LogP contribution in [0.3, 0.4) is 0 Å². The number of carbonyl (C=O) groups excluding carboxylic acids is 2. The largest absolute Gasteiger partial charge is 0.478 e. The number of thiazole rings is 1. The van der Waals surface area contributed by atoms with E-state index in [1.807, 2.05) is 0 Å². The van der Waals surface area contributed by atoms with Crippen molar-refractivity contribution in [3.8, 4) is 0 Å². The van der Waals surface area contributed by atoms with Crippen molar-refractivity contribution in [1.82, 2.24) is 4.98 Å². The summed E-state index contributed by atoms with van der Waals surface area (Å²) in [6.45, 7) is 1.39. The number of ketones is 1. The highest BCUT2D eigenvalue weighted by Gasteiger charge is 2.14. The van der Waals surface area contributed by atoms with E-state index in [0.717, 1.165) is 11.3 Å². The van der Waals surface area contributed by atoms with Crippen LogP contribution in [-0.4, -0.2) is 27.8 Å². The van der Waals surface area contributed by atoms with Crippen molar-refractivity contribution in [3.63, 3.8) is 0 Å². The zero-order valence-corrected chi connectivity index (χ0v) is 11.9. The van der Waals surface area contributed by atoms with E-state index in [9.17, 15) is 14.4 Å². The van der Waals surface area contributed by atoms with E-state index in [0.29, 0.717) is 16.4 Å². The fourth-order valence-electron chi connectivity index (χ4n) is 1.71. The van der Waals surface area contributed by atoms with Gasteiger partial charge in [-0.05, 0) is 11.6 Å². The first kappa shape index (κ1) is 14.9. The molecule has 2 rings (SSSR count). The van der Waals surface area contributed by atoms with Crippen molar-refractivity contribution in [2.24, 2.45) is 0 Å². The second kappa shape index (κ2) is 6.27. The number of aromatic carboxylic acids is 1. The van der Waals surface area contributed by atoms with Gasteiger partial charge in [0.05, 0.1) is 12.0 Å². The average Bonchev–Trinajstić information content (AvgIpc) is 2.87. The van der Waals surface area contributed by atoms with Gasteiger partial charge < -0.3 is 10.4 Å². The van der Waals surface area contributed by atoms with Crippen molar-refractivity contribution in [3.05, 3.63) is 46.5 Å². The summed E-state index contributed by atoms with van der Waals surface area (Å²) in [5.41, 5.74) is 0.809. The summed E-state index contributed by atoms with van der Waals surface area (Å²) < 4.78 is 0. The van der Waals surface area contributed by atoms with E-state index in [-0.39, 0.29) is 23.7 Å². The molecule has 0 aliphatic rings. The van der Waals surface area contributed by atoms with E-state index >= 15 is 0 Å². The molecule has 108 valence electrons. The van der Waals surface area contributed by atoms with Crippen LogP contribution in [-0.2, 0) is 11.2 Å². The molecular weight excluding hydrogens is 292 g/mol. The maximum Gasteiger partial charge on any atom is 0.335 e. The molecule has 21 heavy (non-hydrogen) atoms. The molecule has 0 bridgehead atoms. The van der Waals surface area contributed by atoms with Crippen molar-refractivity contribution >= 4 is 34.1 Å². The number of nitrogens with one attached hydrogen (secondary N) is 1. The summed E-state index contributed by atoms with van der Waals surface area (Å²) >= 11 is 1.15. The normalized spacial score (nSPS) is 10.1. The standard InChI is InChI=1S/C14H12N2O4S/c1-8(17)11-7-21-14(15-11)16-12(18)6-9-4-2-3-5-10(9)13(19)20/h2-5,7H,6H2,1H3,(H,19,20)(H,15,16,18). The molecule has 0 saturated carbocycles. The summed E-state index contributed by atoms with van der Waals surface area (Å²) in [7, 11) is 0. The third-order valence-corrected chi connectivity index (χ3v) is 3.47. The number of carboxylic acids is 1. The first-order valence-electron chi connectivity index (χ1n) is 6.05. The molecular formula is C14H12N2O4S. The first-order chi connectivity index (χ1) is 9.97. The number of anilines is 1. The number of Topliss-reactive ketones (excluding diaryl/α,β-unsaturated/α-hetero) is 1. The minimum Gasteiger partial charge on any atom is -0.478 e. The predicted molar refractivity (Wildman–Crippen MR) is 77.9 cm³/mol. The third-order valence-electron chi connectivity index (χ3n) is 2.71. The summed E-state index contributed by atoms with van der Waals surface area (Å²) in [6, 6.07) is 6.31. The Labute approximate surface area is 124 Å². The average molecular weight is 304 g/mol. The molecule has 0 saturated heterocycles. The highest BCUT2D eigenvalue weighted by Crippen LogP contribution is 2.17. The Morgan fingerprint density at radius 1 is 1.29 bits per heavy atom. The number of benzene rings is 1.